The highest BCUT2D eigenvalue weighted by Gasteiger charge is 2.39. The standard InChI is InChI=1S/C24H14F3NO2S/c25-24(26,27)18-11-9-17(10-12-18)21-20(13-8-16-5-2-1-3-6-16)22(29)28(23(21)30)15-19-7-4-14-31-19/h1-7,9-12,14H,15H2. The number of benzene rings is 2. The van der Waals surface area contributed by atoms with E-state index in [0.29, 0.717) is 5.56 Å². The molecular formula is C24H14F3NO2S. The van der Waals surface area contributed by atoms with Crippen molar-refractivity contribution in [3.63, 3.8) is 0 Å². The minimum atomic E-state index is -4.50. The van der Waals surface area contributed by atoms with Crippen molar-refractivity contribution in [2.24, 2.45) is 0 Å². The van der Waals surface area contributed by atoms with Crippen molar-refractivity contribution in [2.45, 2.75) is 12.7 Å². The molecule has 1 aromatic heterocycles. The molecule has 1 aliphatic heterocycles. The van der Waals surface area contributed by atoms with Crippen LogP contribution in [0.15, 0.2) is 77.7 Å². The van der Waals surface area contributed by atoms with Gasteiger partial charge >= 0.3 is 6.18 Å². The van der Waals surface area contributed by atoms with E-state index in [0.717, 1.165) is 21.9 Å². The van der Waals surface area contributed by atoms with E-state index in [1.807, 2.05) is 17.5 Å². The first-order valence-electron chi connectivity index (χ1n) is 9.22. The summed E-state index contributed by atoms with van der Waals surface area (Å²) in [5.41, 5.74) is 0.0287. The zero-order valence-electron chi connectivity index (χ0n) is 15.9. The molecule has 0 saturated carbocycles. The quantitative estimate of drug-likeness (QED) is 0.420. The van der Waals surface area contributed by atoms with Crippen LogP contribution >= 0.6 is 11.3 Å². The lowest BCUT2D eigenvalue weighted by Crippen LogP contribution is -2.30. The first-order chi connectivity index (χ1) is 14.8. The fourth-order valence-electron chi connectivity index (χ4n) is 3.14. The van der Waals surface area contributed by atoms with Crippen LogP contribution in [0.4, 0.5) is 13.2 Å². The Morgan fingerprint density at radius 3 is 2.16 bits per heavy atom. The highest BCUT2D eigenvalue weighted by atomic mass is 32.1. The Balaban J connectivity index is 1.77. The van der Waals surface area contributed by atoms with Crippen LogP contribution < -0.4 is 0 Å². The van der Waals surface area contributed by atoms with Gasteiger partial charge in [-0.15, -0.1) is 11.3 Å². The molecule has 0 atom stereocenters. The minimum Gasteiger partial charge on any atom is -0.269 e. The van der Waals surface area contributed by atoms with Crippen molar-refractivity contribution >= 4 is 28.7 Å². The maximum absolute atomic E-state index is 13.1. The second-order valence-corrected chi connectivity index (χ2v) is 7.75. The van der Waals surface area contributed by atoms with Crippen LogP contribution in [0.25, 0.3) is 5.57 Å². The first-order valence-corrected chi connectivity index (χ1v) is 10.1. The van der Waals surface area contributed by atoms with E-state index in [9.17, 15) is 22.8 Å². The average Bonchev–Trinajstić information content (AvgIpc) is 3.35. The predicted molar refractivity (Wildman–Crippen MR) is 112 cm³/mol. The van der Waals surface area contributed by atoms with Crippen LogP contribution in [0.3, 0.4) is 0 Å². The maximum atomic E-state index is 13.1. The second-order valence-electron chi connectivity index (χ2n) is 6.72. The molecule has 2 heterocycles. The molecule has 0 fully saturated rings. The molecule has 2 amide bonds. The molecule has 0 saturated heterocycles. The molecule has 1 aliphatic rings. The Morgan fingerprint density at radius 1 is 0.839 bits per heavy atom. The number of carbonyl (C=O) groups is 2. The number of rotatable bonds is 3. The van der Waals surface area contributed by atoms with E-state index in [-0.39, 0.29) is 23.3 Å². The molecule has 0 N–H and O–H groups in total. The van der Waals surface area contributed by atoms with Crippen molar-refractivity contribution < 1.29 is 22.8 Å². The molecule has 3 aromatic rings. The zero-order valence-corrected chi connectivity index (χ0v) is 16.8. The summed E-state index contributed by atoms with van der Waals surface area (Å²) in [5.74, 6) is 4.52. The number of carbonyl (C=O) groups excluding carboxylic acids is 2. The van der Waals surface area contributed by atoms with E-state index in [1.54, 1.807) is 30.3 Å². The summed E-state index contributed by atoms with van der Waals surface area (Å²) >= 11 is 1.40. The summed E-state index contributed by atoms with van der Waals surface area (Å²) in [7, 11) is 0. The summed E-state index contributed by atoms with van der Waals surface area (Å²) < 4.78 is 38.8. The zero-order chi connectivity index (χ0) is 22.0. The van der Waals surface area contributed by atoms with E-state index in [1.165, 1.54) is 23.5 Å². The van der Waals surface area contributed by atoms with Gasteiger partial charge in [-0.3, -0.25) is 14.5 Å². The van der Waals surface area contributed by atoms with Gasteiger partial charge in [-0.05, 0) is 41.3 Å². The fraction of sp³-hybridized carbons (Fsp3) is 0.0833. The van der Waals surface area contributed by atoms with Gasteiger partial charge < -0.3 is 0 Å². The van der Waals surface area contributed by atoms with Gasteiger partial charge in [-0.1, -0.05) is 48.2 Å². The molecule has 4 rings (SSSR count). The van der Waals surface area contributed by atoms with Crippen molar-refractivity contribution in [3.8, 4) is 11.8 Å². The number of amides is 2. The van der Waals surface area contributed by atoms with Gasteiger partial charge in [0.15, 0.2) is 0 Å². The van der Waals surface area contributed by atoms with E-state index in [2.05, 4.69) is 11.8 Å². The maximum Gasteiger partial charge on any atom is 0.416 e. The van der Waals surface area contributed by atoms with E-state index in [4.69, 9.17) is 0 Å². The minimum absolute atomic E-state index is 0.0127. The van der Waals surface area contributed by atoms with Gasteiger partial charge in [0.2, 0.25) is 0 Å². The van der Waals surface area contributed by atoms with Gasteiger partial charge in [0, 0.05) is 10.4 Å². The summed E-state index contributed by atoms with van der Waals surface area (Å²) in [6.07, 6.45) is -4.50. The van der Waals surface area contributed by atoms with Gasteiger partial charge in [0.1, 0.15) is 5.57 Å². The third kappa shape index (κ3) is 4.30. The first kappa shape index (κ1) is 20.6. The van der Waals surface area contributed by atoms with Crippen molar-refractivity contribution in [3.05, 3.63) is 99.3 Å². The number of thiophene rings is 1. The van der Waals surface area contributed by atoms with Crippen molar-refractivity contribution in [2.75, 3.05) is 0 Å². The average molecular weight is 437 g/mol. The Kier molecular flexibility index (Phi) is 5.49. The van der Waals surface area contributed by atoms with E-state index >= 15 is 0 Å². The highest BCUT2D eigenvalue weighted by molar-refractivity contribution is 7.09. The number of alkyl halides is 3. The Labute approximate surface area is 180 Å². The molecular weight excluding hydrogens is 423 g/mol. The van der Waals surface area contributed by atoms with Crippen LogP contribution in [0, 0.1) is 11.8 Å². The molecule has 0 unspecified atom stereocenters. The molecule has 0 spiro atoms. The molecule has 0 aliphatic carbocycles. The van der Waals surface area contributed by atoms with Crippen LogP contribution in [-0.4, -0.2) is 16.7 Å². The smallest absolute Gasteiger partial charge is 0.269 e. The molecule has 31 heavy (non-hydrogen) atoms. The van der Waals surface area contributed by atoms with Crippen LogP contribution in [0.2, 0.25) is 0 Å². The number of hydrogen-bond donors (Lipinski definition) is 0. The summed E-state index contributed by atoms with van der Waals surface area (Å²) in [6.45, 7) is 0.0794. The third-order valence-electron chi connectivity index (χ3n) is 4.67. The second kappa shape index (κ2) is 8.25. The SMILES string of the molecule is O=C1C(C#Cc2ccccc2)=C(c2ccc(C(F)(F)F)cc2)C(=O)N1Cc1cccs1. The largest absolute Gasteiger partial charge is 0.416 e. The topological polar surface area (TPSA) is 37.4 Å². The summed E-state index contributed by atoms with van der Waals surface area (Å²) in [6, 6.07) is 16.7. The molecule has 7 heteroatoms. The van der Waals surface area contributed by atoms with Gasteiger partial charge in [0.25, 0.3) is 11.8 Å². The van der Waals surface area contributed by atoms with Gasteiger partial charge in [-0.2, -0.15) is 13.2 Å². The molecule has 3 nitrogen and oxygen atoms in total. The van der Waals surface area contributed by atoms with Crippen LogP contribution in [-0.2, 0) is 22.3 Å². The number of imide groups is 1. The summed E-state index contributed by atoms with van der Waals surface area (Å²) in [5, 5.41) is 1.83. The molecule has 154 valence electrons. The van der Waals surface area contributed by atoms with E-state index < -0.39 is 23.6 Å². The molecule has 0 bridgehead atoms. The van der Waals surface area contributed by atoms with Crippen molar-refractivity contribution in [1.29, 1.82) is 0 Å². The number of hydrogen-bond acceptors (Lipinski definition) is 3. The lowest BCUT2D eigenvalue weighted by Gasteiger charge is -2.13. The third-order valence-corrected chi connectivity index (χ3v) is 5.53. The predicted octanol–water partition coefficient (Wildman–Crippen LogP) is 5.14. The van der Waals surface area contributed by atoms with Crippen molar-refractivity contribution in [1.82, 2.24) is 4.90 Å². The summed E-state index contributed by atoms with van der Waals surface area (Å²) in [4.78, 5) is 28.0. The van der Waals surface area contributed by atoms with Crippen LogP contribution in [0.5, 0.6) is 0 Å². The number of nitrogens with zero attached hydrogens (tertiary/aromatic N) is 1. The highest BCUT2D eigenvalue weighted by Crippen LogP contribution is 2.34. The van der Waals surface area contributed by atoms with Gasteiger partial charge in [-0.25, -0.2) is 0 Å². The van der Waals surface area contributed by atoms with Gasteiger partial charge in [0.05, 0.1) is 17.7 Å². The normalized spacial score (nSPS) is 14.1. The lowest BCUT2D eigenvalue weighted by atomic mass is 10.00. The molecule has 0 radical (unpaired) electrons. The number of halogens is 3. The van der Waals surface area contributed by atoms with Crippen LogP contribution in [0.1, 0.15) is 21.6 Å². The molecule has 2 aromatic carbocycles. The lowest BCUT2D eigenvalue weighted by molar-refractivity contribution is -0.138. The Morgan fingerprint density at radius 2 is 1.55 bits per heavy atom. The Hall–Kier alpha value is -3.63. The fourth-order valence-corrected chi connectivity index (χ4v) is 3.84. The Bertz CT molecular complexity index is 1220. The monoisotopic (exact) mass is 437 g/mol.